The smallest absolute Gasteiger partial charge is 0.191 e. The predicted octanol–water partition coefficient (Wildman–Crippen LogP) is 3.32. The van der Waals surface area contributed by atoms with E-state index in [9.17, 15) is 0 Å². The average Bonchev–Trinajstić information content (AvgIpc) is 3.05. The quantitative estimate of drug-likeness (QED) is 0.268. The molecule has 0 aromatic carbocycles. The first-order valence-corrected chi connectivity index (χ1v) is 10.1. The molecule has 2 unspecified atom stereocenters. The molecule has 23 heavy (non-hydrogen) atoms. The zero-order valence-corrected chi connectivity index (χ0v) is 18.0. The van der Waals surface area contributed by atoms with Crippen molar-refractivity contribution in [3.63, 3.8) is 0 Å². The lowest BCUT2D eigenvalue weighted by molar-refractivity contribution is 0.158. The van der Waals surface area contributed by atoms with E-state index in [4.69, 9.17) is 0 Å². The number of piperidine rings is 1. The van der Waals surface area contributed by atoms with Gasteiger partial charge in [0.05, 0.1) is 0 Å². The number of unbranched alkanes of at least 4 members (excludes halogenated alkanes) is 1. The summed E-state index contributed by atoms with van der Waals surface area (Å²) in [6, 6.07) is 0.792. The molecule has 0 radical (unpaired) electrons. The topological polar surface area (TPSA) is 39.7 Å². The van der Waals surface area contributed by atoms with Crippen molar-refractivity contribution in [2.75, 3.05) is 39.0 Å². The molecule has 0 aromatic rings. The van der Waals surface area contributed by atoms with Gasteiger partial charge in [-0.25, -0.2) is 0 Å². The SMILES string of the molecule is CN=C(NCCCCN1CCCCC1C)NCC1CCCS1.I. The molecular formula is C17H35IN4S. The summed E-state index contributed by atoms with van der Waals surface area (Å²) in [4.78, 5) is 6.98. The Kier molecular flexibility index (Phi) is 11.7. The summed E-state index contributed by atoms with van der Waals surface area (Å²) in [7, 11) is 1.87. The van der Waals surface area contributed by atoms with E-state index >= 15 is 0 Å². The fraction of sp³-hybridized carbons (Fsp3) is 0.941. The lowest BCUT2D eigenvalue weighted by atomic mass is 10.0. The Bertz CT molecular complexity index is 335. The molecule has 0 saturated carbocycles. The van der Waals surface area contributed by atoms with Gasteiger partial charge in [-0.1, -0.05) is 6.42 Å². The van der Waals surface area contributed by atoms with E-state index in [1.807, 2.05) is 7.05 Å². The van der Waals surface area contributed by atoms with Crippen LogP contribution >= 0.6 is 35.7 Å². The van der Waals surface area contributed by atoms with Crippen LogP contribution in [-0.2, 0) is 0 Å². The van der Waals surface area contributed by atoms with Gasteiger partial charge in [0.1, 0.15) is 0 Å². The minimum absolute atomic E-state index is 0. The Morgan fingerprint density at radius 1 is 1.17 bits per heavy atom. The van der Waals surface area contributed by atoms with Gasteiger partial charge in [0, 0.05) is 31.4 Å². The fourth-order valence-electron chi connectivity index (χ4n) is 3.37. The van der Waals surface area contributed by atoms with E-state index < -0.39 is 0 Å². The van der Waals surface area contributed by atoms with Gasteiger partial charge in [-0.2, -0.15) is 11.8 Å². The molecule has 0 aromatic heterocycles. The summed E-state index contributed by atoms with van der Waals surface area (Å²) in [6.45, 7) is 7.02. The summed E-state index contributed by atoms with van der Waals surface area (Å²) in [5, 5.41) is 7.70. The van der Waals surface area contributed by atoms with Gasteiger partial charge in [0.2, 0.25) is 0 Å². The van der Waals surface area contributed by atoms with E-state index in [-0.39, 0.29) is 24.0 Å². The zero-order valence-electron chi connectivity index (χ0n) is 14.9. The zero-order chi connectivity index (χ0) is 15.6. The van der Waals surface area contributed by atoms with Crippen molar-refractivity contribution in [1.82, 2.24) is 15.5 Å². The highest BCUT2D eigenvalue weighted by molar-refractivity contribution is 14.0. The second-order valence-electron chi connectivity index (χ2n) is 6.60. The molecule has 2 fully saturated rings. The molecule has 2 aliphatic heterocycles. The van der Waals surface area contributed by atoms with E-state index in [2.05, 4.69) is 39.2 Å². The van der Waals surface area contributed by atoms with Crippen molar-refractivity contribution >= 4 is 41.7 Å². The standard InChI is InChI=1S/C17H34N4S.HI/c1-15-8-3-5-11-21(15)12-6-4-10-19-17(18-2)20-14-16-9-7-13-22-16;/h15-16H,3-14H2,1-2H3,(H2,18,19,20);1H. The molecule has 0 amide bonds. The Hall–Kier alpha value is 0.310. The van der Waals surface area contributed by atoms with Crippen molar-refractivity contribution in [2.45, 2.75) is 63.2 Å². The highest BCUT2D eigenvalue weighted by atomic mass is 127. The van der Waals surface area contributed by atoms with Gasteiger partial charge in [-0.15, -0.1) is 24.0 Å². The van der Waals surface area contributed by atoms with Crippen LogP contribution in [0, 0.1) is 0 Å². The Morgan fingerprint density at radius 3 is 2.74 bits per heavy atom. The van der Waals surface area contributed by atoms with Crippen molar-refractivity contribution < 1.29 is 0 Å². The van der Waals surface area contributed by atoms with Gasteiger partial charge in [0.25, 0.3) is 0 Å². The number of hydrogen-bond acceptors (Lipinski definition) is 3. The van der Waals surface area contributed by atoms with Crippen LogP contribution in [0.3, 0.4) is 0 Å². The Balaban J connectivity index is 0.00000264. The van der Waals surface area contributed by atoms with Crippen LogP contribution in [0.2, 0.25) is 0 Å². The number of nitrogens with one attached hydrogen (secondary N) is 2. The molecule has 6 heteroatoms. The number of thioether (sulfide) groups is 1. The molecule has 0 aliphatic carbocycles. The largest absolute Gasteiger partial charge is 0.356 e. The fourth-order valence-corrected chi connectivity index (χ4v) is 4.57. The van der Waals surface area contributed by atoms with Crippen LogP contribution in [0.25, 0.3) is 0 Å². The molecule has 2 saturated heterocycles. The normalized spacial score (nSPS) is 25.9. The Labute approximate surface area is 164 Å². The highest BCUT2D eigenvalue weighted by Crippen LogP contribution is 2.25. The first-order chi connectivity index (χ1) is 10.8. The van der Waals surface area contributed by atoms with Crippen LogP contribution in [0.1, 0.15) is 51.9 Å². The minimum Gasteiger partial charge on any atom is -0.356 e. The molecule has 2 atom stereocenters. The van der Waals surface area contributed by atoms with Gasteiger partial charge in [0.15, 0.2) is 5.96 Å². The summed E-state index contributed by atoms with van der Waals surface area (Å²) in [5.41, 5.74) is 0. The monoisotopic (exact) mass is 454 g/mol. The number of halogens is 1. The van der Waals surface area contributed by atoms with Crippen LogP contribution < -0.4 is 10.6 Å². The third-order valence-electron chi connectivity index (χ3n) is 4.85. The van der Waals surface area contributed by atoms with Crippen LogP contribution in [0.5, 0.6) is 0 Å². The second-order valence-corrected chi connectivity index (χ2v) is 8.01. The van der Waals surface area contributed by atoms with Crippen molar-refractivity contribution in [3.8, 4) is 0 Å². The van der Waals surface area contributed by atoms with Crippen molar-refractivity contribution in [3.05, 3.63) is 0 Å². The minimum atomic E-state index is 0. The maximum absolute atomic E-state index is 4.32. The lowest BCUT2D eigenvalue weighted by Gasteiger charge is -2.33. The van der Waals surface area contributed by atoms with Crippen molar-refractivity contribution in [2.24, 2.45) is 4.99 Å². The molecule has 2 rings (SSSR count). The third-order valence-corrected chi connectivity index (χ3v) is 6.25. The van der Waals surface area contributed by atoms with E-state index in [0.29, 0.717) is 0 Å². The molecule has 136 valence electrons. The number of hydrogen-bond donors (Lipinski definition) is 2. The second kappa shape index (κ2) is 12.6. The number of aliphatic imine (C=N–C) groups is 1. The number of likely N-dealkylation sites (tertiary alicyclic amines) is 1. The summed E-state index contributed by atoms with van der Waals surface area (Å²) >= 11 is 2.09. The van der Waals surface area contributed by atoms with E-state index in [0.717, 1.165) is 30.3 Å². The molecular weight excluding hydrogens is 419 g/mol. The van der Waals surface area contributed by atoms with Gasteiger partial charge >= 0.3 is 0 Å². The first-order valence-electron chi connectivity index (χ1n) is 9.10. The van der Waals surface area contributed by atoms with Gasteiger partial charge in [-0.05, 0) is 64.3 Å². The van der Waals surface area contributed by atoms with E-state index in [1.54, 1.807) is 0 Å². The van der Waals surface area contributed by atoms with E-state index in [1.165, 1.54) is 63.8 Å². The summed E-state index contributed by atoms with van der Waals surface area (Å²) < 4.78 is 0. The third kappa shape index (κ3) is 8.29. The molecule has 2 heterocycles. The van der Waals surface area contributed by atoms with Crippen LogP contribution in [0.15, 0.2) is 4.99 Å². The lowest BCUT2D eigenvalue weighted by Crippen LogP contribution is -2.41. The molecule has 0 spiro atoms. The predicted molar refractivity (Wildman–Crippen MR) is 114 cm³/mol. The average molecular weight is 454 g/mol. The first kappa shape index (κ1) is 21.4. The number of nitrogens with zero attached hydrogens (tertiary/aromatic N) is 2. The molecule has 2 aliphatic rings. The van der Waals surface area contributed by atoms with Gasteiger partial charge in [-0.3, -0.25) is 4.99 Å². The maximum Gasteiger partial charge on any atom is 0.191 e. The summed E-state index contributed by atoms with van der Waals surface area (Å²) in [5.74, 6) is 2.30. The number of rotatable bonds is 7. The number of guanidine groups is 1. The Morgan fingerprint density at radius 2 is 2.04 bits per heavy atom. The highest BCUT2D eigenvalue weighted by Gasteiger charge is 2.17. The molecule has 0 bridgehead atoms. The molecule has 4 nitrogen and oxygen atoms in total. The molecule has 2 N–H and O–H groups in total. The maximum atomic E-state index is 4.32. The van der Waals surface area contributed by atoms with Crippen LogP contribution in [0.4, 0.5) is 0 Å². The summed E-state index contributed by atoms with van der Waals surface area (Å²) in [6.07, 6.45) is 9.42. The van der Waals surface area contributed by atoms with Crippen molar-refractivity contribution in [1.29, 1.82) is 0 Å². The van der Waals surface area contributed by atoms with Crippen LogP contribution in [-0.4, -0.2) is 61.1 Å². The van der Waals surface area contributed by atoms with Gasteiger partial charge < -0.3 is 15.5 Å².